The molecule has 28 heavy (non-hydrogen) atoms. The third-order valence-electron chi connectivity index (χ3n) is 5.16. The zero-order chi connectivity index (χ0) is 20.5. The van der Waals surface area contributed by atoms with Crippen LogP contribution in [-0.4, -0.2) is 34.0 Å². The monoisotopic (exact) mass is 399 g/mol. The van der Waals surface area contributed by atoms with Gasteiger partial charge in [0, 0.05) is 18.0 Å². The van der Waals surface area contributed by atoms with Crippen molar-refractivity contribution in [3.8, 4) is 0 Å². The van der Waals surface area contributed by atoms with E-state index in [0.717, 1.165) is 47.5 Å². The molecule has 1 amide bonds. The second-order valence-electron chi connectivity index (χ2n) is 8.02. The first kappa shape index (κ1) is 20.3. The summed E-state index contributed by atoms with van der Waals surface area (Å²) in [6, 6.07) is 8.07. The minimum absolute atomic E-state index is 0.0676. The Morgan fingerprint density at radius 1 is 1.11 bits per heavy atom. The van der Waals surface area contributed by atoms with E-state index in [0.29, 0.717) is 5.56 Å². The standard InChI is InChI=1S/C22H27N2O3S/c1-15-11-16(2)13-17(12-15)7-8-18-14-19(28-20(18)24(26)27)22(3,4)21(25)23-9-5-6-10-23/h7-8,11-14H,5-6,9-10H2,1-4H3,(H,26,27)/q+1/b8-7+. The summed E-state index contributed by atoms with van der Waals surface area (Å²) in [7, 11) is 0. The lowest BCUT2D eigenvalue weighted by molar-refractivity contribution is -0.727. The number of carbonyl (C=O) groups excluding carboxylic acids is 1. The summed E-state index contributed by atoms with van der Waals surface area (Å²) in [6.07, 6.45) is 5.81. The van der Waals surface area contributed by atoms with Crippen LogP contribution in [0.2, 0.25) is 0 Å². The van der Waals surface area contributed by atoms with Crippen LogP contribution in [0.4, 0.5) is 5.00 Å². The van der Waals surface area contributed by atoms with Crippen LogP contribution in [0.3, 0.4) is 0 Å². The first-order valence-electron chi connectivity index (χ1n) is 9.54. The number of thiophene rings is 1. The van der Waals surface area contributed by atoms with Crippen molar-refractivity contribution in [1.82, 2.24) is 4.90 Å². The summed E-state index contributed by atoms with van der Waals surface area (Å²) >= 11 is 1.17. The molecule has 0 radical (unpaired) electrons. The van der Waals surface area contributed by atoms with Crippen LogP contribution in [0, 0.1) is 18.8 Å². The average Bonchev–Trinajstić information content (AvgIpc) is 3.28. The molecular formula is C22H27N2O3S+. The van der Waals surface area contributed by atoms with Gasteiger partial charge in [-0.1, -0.05) is 46.7 Å². The molecule has 1 aliphatic heterocycles. The van der Waals surface area contributed by atoms with Crippen molar-refractivity contribution < 1.29 is 14.9 Å². The van der Waals surface area contributed by atoms with Gasteiger partial charge in [0.1, 0.15) is 0 Å². The lowest BCUT2D eigenvalue weighted by Gasteiger charge is -2.28. The number of carbonyl (C=O) groups is 1. The molecule has 1 aromatic carbocycles. The molecule has 2 aromatic rings. The number of hydrogen-bond donors (Lipinski definition) is 1. The van der Waals surface area contributed by atoms with Gasteiger partial charge in [0.25, 0.3) is 4.92 Å². The van der Waals surface area contributed by atoms with Crippen LogP contribution in [-0.2, 0) is 10.2 Å². The van der Waals surface area contributed by atoms with Gasteiger partial charge < -0.3 is 4.90 Å². The van der Waals surface area contributed by atoms with E-state index >= 15 is 0 Å². The summed E-state index contributed by atoms with van der Waals surface area (Å²) in [5.41, 5.74) is 3.22. The first-order chi connectivity index (χ1) is 13.2. The highest BCUT2D eigenvalue weighted by Gasteiger charge is 2.38. The van der Waals surface area contributed by atoms with Gasteiger partial charge in [-0.2, -0.15) is 0 Å². The minimum Gasteiger partial charge on any atom is -0.342 e. The van der Waals surface area contributed by atoms with Crippen molar-refractivity contribution in [2.24, 2.45) is 0 Å². The van der Waals surface area contributed by atoms with Crippen molar-refractivity contribution in [1.29, 1.82) is 0 Å². The molecule has 5 nitrogen and oxygen atoms in total. The van der Waals surface area contributed by atoms with E-state index in [1.165, 1.54) is 11.3 Å². The van der Waals surface area contributed by atoms with Crippen LogP contribution in [0.25, 0.3) is 12.2 Å². The molecular weight excluding hydrogens is 372 g/mol. The van der Waals surface area contributed by atoms with Crippen LogP contribution in [0.15, 0.2) is 24.3 Å². The summed E-state index contributed by atoms with van der Waals surface area (Å²) in [4.78, 5) is 27.2. The van der Waals surface area contributed by atoms with Crippen molar-refractivity contribution in [3.05, 3.63) is 56.3 Å². The number of nitrogens with zero attached hydrogens (tertiary/aromatic N) is 2. The third-order valence-corrected chi connectivity index (χ3v) is 6.59. The fraction of sp³-hybridized carbons (Fsp3) is 0.409. The van der Waals surface area contributed by atoms with E-state index in [9.17, 15) is 14.9 Å². The fourth-order valence-corrected chi connectivity index (χ4v) is 4.75. The summed E-state index contributed by atoms with van der Waals surface area (Å²) in [5, 5.41) is 9.77. The third kappa shape index (κ3) is 4.17. The van der Waals surface area contributed by atoms with Gasteiger partial charge in [0.05, 0.1) is 15.9 Å². The van der Waals surface area contributed by atoms with E-state index in [2.05, 4.69) is 18.2 Å². The SMILES string of the molecule is Cc1cc(C)cc(/C=C/c2cc(C(C)(C)C(=O)N3CCCC3)sc2[N+](=O)O)c1. The van der Waals surface area contributed by atoms with Gasteiger partial charge in [0.15, 0.2) is 0 Å². The van der Waals surface area contributed by atoms with Crippen molar-refractivity contribution in [3.63, 3.8) is 0 Å². The molecule has 1 aliphatic rings. The molecule has 2 heterocycles. The maximum Gasteiger partial charge on any atom is 0.378 e. The highest BCUT2D eigenvalue weighted by Crippen LogP contribution is 2.39. The Bertz CT molecular complexity index is 917. The minimum atomic E-state index is -0.744. The summed E-state index contributed by atoms with van der Waals surface area (Å²) in [6.45, 7) is 9.41. The Balaban J connectivity index is 1.94. The Kier molecular flexibility index (Phi) is 5.70. The molecule has 0 unspecified atom stereocenters. The summed E-state index contributed by atoms with van der Waals surface area (Å²) < 4.78 is 0. The van der Waals surface area contributed by atoms with Crippen LogP contribution >= 0.6 is 11.3 Å². The molecule has 3 rings (SSSR count). The van der Waals surface area contributed by atoms with Gasteiger partial charge in [-0.15, -0.1) is 0 Å². The molecule has 0 atom stereocenters. The number of hydrogen-bond acceptors (Lipinski definition) is 3. The van der Waals surface area contributed by atoms with Crippen LogP contribution in [0.1, 0.15) is 53.8 Å². The van der Waals surface area contributed by atoms with Gasteiger partial charge in [-0.3, -0.25) is 4.79 Å². The number of benzene rings is 1. The summed E-state index contributed by atoms with van der Waals surface area (Å²) in [5.74, 6) is 0.0676. The maximum atomic E-state index is 13.0. The van der Waals surface area contributed by atoms with Crippen molar-refractivity contribution in [2.75, 3.05) is 13.1 Å². The predicted molar refractivity (Wildman–Crippen MR) is 113 cm³/mol. The van der Waals surface area contributed by atoms with Gasteiger partial charge in [-0.05, 0) is 58.2 Å². The predicted octanol–water partition coefficient (Wildman–Crippen LogP) is 5.23. The molecule has 6 heteroatoms. The molecule has 1 N–H and O–H groups in total. The fourth-order valence-electron chi connectivity index (χ4n) is 3.69. The maximum absolute atomic E-state index is 13.0. The lowest BCUT2D eigenvalue weighted by atomic mass is 9.89. The zero-order valence-electron chi connectivity index (χ0n) is 16.9. The average molecular weight is 400 g/mol. The number of likely N-dealkylation sites (tertiary alicyclic amines) is 1. The smallest absolute Gasteiger partial charge is 0.342 e. The van der Waals surface area contributed by atoms with Crippen molar-refractivity contribution in [2.45, 2.75) is 46.0 Å². The van der Waals surface area contributed by atoms with Gasteiger partial charge in [0.2, 0.25) is 5.91 Å². The normalized spacial score (nSPS) is 14.8. The Morgan fingerprint density at radius 3 is 2.29 bits per heavy atom. The highest BCUT2D eigenvalue weighted by molar-refractivity contribution is 7.15. The number of amides is 1. The van der Waals surface area contributed by atoms with E-state index in [1.54, 1.807) is 0 Å². The van der Waals surface area contributed by atoms with Crippen molar-refractivity contribution >= 4 is 34.4 Å². The second-order valence-corrected chi connectivity index (χ2v) is 9.05. The Labute approximate surface area is 169 Å². The molecule has 1 aromatic heterocycles. The lowest BCUT2D eigenvalue weighted by Crippen LogP contribution is -2.41. The van der Waals surface area contributed by atoms with E-state index in [4.69, 9.17) is 0 Å². The van der Waals surface area contributed by atoms with E-state index in [-0.39, 0.29) is 15.8 Å². The quantitative estimate of drug-likeness (QED) is 0.700. The Hall–Kier alpha value is -2.47. The molecule has 1 saturated heterocycles. The molecule has 1 fully saturated rings. The molecule has 0 bridgehead atoms. The molecule has 0 aliphatic carbocycles. The number of rotatable bonds is 5. The first-order valence-corrected chi connectivity index (χ1v) is 10.4. The molecule has 0 saturated carbocycles. The molecule has 148 valence electrons. The van der Waals surface area contributed by atoms with Gasteiger partial charge in [-0.25, -0.2) is 5.21 Å². The molecule has 0 spiro atoms. The van der Waals surface area contributed by atoms with E-state index < -0.39 is 5.41 Å². The second kappa shape index (κ2) is 7.87. The highest BCUT2D eigenvalue weighted by atomic mass is 32.1. The number of aryl methyl sites for hydroxylation is 2. The van der Waals surface area contributed by atoms with Crippen LogP contribution < -0.4 is 0 Å². The van der Waals surface area contributed by atoms with E-state index in [1.807, 2.05) is 50.8 Å². The zero-order valence-corrected chi connectivity index (χ0v) is 17.7. The Morgan fingerprint density at radius 2 is 1.71 bits per heavy atom. The largest absolute Gasteiger partial charge is 0.378 e. The van der Waals surface area contributed by atoms with Gasteiger partial charge >= 0.3 is 5.00 Å². The van der Waals surface area contributed by atoms with Crippen LogP contribution in [0.5, 0.6) is 0 Å². The topological polar surface area (TPSA) is 60.6 Å².